The fraction of sp³-hybridized carbons (Fsp3) is 0.419. The standard InChI is InChI=1S/C31H43NO3SSi/c1-24(29(32-36(33)30(2,3)4)27-21-15-16-22-28(27)34-8)23-35-37(31(5,6)7,25-17-11-9-12-18-25)26-19-13-10-14-20-26/h9-22,24,29,32H,23H2,1-8H3. The van der Waals surface area contributed by atoms with E-state index in [1.807, 2.05) is 39.0 Å². The van der Waals surface area contributed by atoms with Crippen molar-refractivity contribution in [3.8, 4) is 5.75 Å². The highest BCUT2D eigenvalue weighted by Crippen LogP contribution is 2.38. The van der Waals surface area contributed by atoms with Gasteiger partial charge in [0, 0.05) is 12.2 Å². The average Bonchev–Trinajstić information content (AvgIpc) is 2.87. The molecule has 0 heterocycles. The number of ether oxygens (including phenoxy) is 1. The fourth-order valence-corrected chi connectivity index (χ4v) is 10.4. The third-order valence-corrected chi connectivity index (χ3v) is 13.4. The lowest BCUT2D eigenvalue weighted by molar-refractivity contribution is 0.218. The van der Waals surface area contributed by atoms with Gasteiger partial charge in [0.05, 0.1) is 28.9 Å². The Labute approximate surface area is 227 Å². The van der Waals surface area contributed by atoms with Gasteiger partial charge in [-0.15, -0.1) is 0 Å². The molecule has 0 bridgehead atoms. The highest BCUT2D eigenvalue weighted by atomic mass is 32.2. The smallest absolute Gasteiger partial charge is 0.261 e. The van der Waals surface area contributed by atoms with E-state index in [2.05, 4.69) is 99.1 Å². The number of hydrogen-bond acceptors (Lipinski definition) is 3. The van der Waals surface area contributed by atoms with Crippen LogP contribution < -0.4 is 19.8 Å². The van der Waals surface area contributed by atoms with E-state index in [0.29, 0.717) is 6.61 Å². The third kappa shape index (κ3) is 6.61. The molecule has 0 saturated heterocycles. The van der Waals surface area contributed by atoms with Crippen molar-refractivity contribution in [1.82, 2.24) is 4.72 Å². The van der Waals surface area contributed by atoms with Crippen molar-refractivity contribution in [1.29, 1.82) is 0 Å². The number of nitrogens with one attached hydrogen (secondary N) is 1. The molecule has 0 aliphatic carbocycles. The van der Waals surface area contributed by atoms with Crippen LogP contribution in [0.1, 0.15) is 60.1 Å². The lowest BCUT2D eigenvalue weighted by Gasteiger charge is -2.44. The molecule has 0 amide bonds. The summed E-state index contributed by atoms with van der Waals surface area (Å²) < 4.78 is 29.3. The predicted octanol–water partition coefficient (Wildman–Crippen LogP) is 6.00. The van der Waals surface area contributed by atoms with E-state index >= 15 is 0 Å². The molecule has 1 N–H and O–H groups in total. The molecule has 37 heavy (non-hydrogen) atoms. The monoisotopic (exact) mass is 537 g/mol. The summed E-state index contributed by atoms with van der Waals surface area (Å²) in [4.78, 5) is 0. The molecular formula is C31H43NO3SSi. The highest BCUT2D eigenvalue weighted by Gasteiger charge is 2.50. The lowest BCUT2D eigenvalue weighted by atomic mass is 9.95. The third-order valence-electron chi connectivity index (χ3n) is 6.81. The lowest BCUT2D eigenvalue weighted by Crippen LogP contribution is -2.67. The minimum Gasteiger partial charge on any atom is -0.496 e. The molecule has 3 atom stereocenters. The normalized spacial score (nSPS) is 15.1. The van der Waals surface area contributed by atoms with Gasteiger partial charge in [-0.25, -0.2) is 8.93 Å². The molecule has 0 aliphatic heterocycles. The molecule has 200 valence electrons. The number of methoxy groups -OCH3 is 1. The minimum absolute atomic E-state index is 0.0178. The van der Waals surface area contributed by atoms with E-state index in [-0.39, 0.29) is 17.0 Å². The van der Waals surface area contributed by atoms with Gasteiger partial charge in [-0.05, 0) is 48.2 Å². The zero-order valence-electron chi connectivity index (χ0n) is 23.6. The molecule has 3 rings (SSSR count). The van der Waals surface area contributed by atoms with E-state index in [1.54, 1.807) is 7.11 Å². The summed E-state index contributed by atoms with van der Waals surface area (Å²) in [6.07, 6.45) is 0. The summed E-state index contributed by atoms with van der Waals surface area (Å²) in [5.41, 5.74) is 0.987. The second-order valence-corrected chi connectivity index (χ2v) is 18.0. The van der Waals surface area contributed by atoms with Crippen molar-refractivity contribution in [2.45, 2.75) is 64.3 Å². The van der Waals surface area contributed by atoms with E-state index in [1.165, 1.54) is 10.4 Å². The highest BCUT2D eigenvalue weighted by molar-refractivity contribution is 7.84. The predicted molar refractivity (Wildman–Crippen MR) is 160 cm³/mol. The van der Waals surface area contributed by atoms with Crippen LogP contribution in [0.3, 0.4) is 0 Å². The summed E-state index contributed by atoms with van der Waals surface area (Å²) in [6.45, 7) is 15.5. The maximum absolute atomic E-state index is 13.3. The van der Waals surface area contributed by atoms with Crippen molar-refractivity contribution in [2.75, 3.05) is 13.7 Å². The molecule has 3 aromatic rings. The number of para-hydroxylation sites is 1. The van der Waals surface area contributed by atoms with Crippen LogP contribution in [-0.2, 0) is 15.4 Å². The van der Waals surface area contributed by atoms with Crippen LogP contribution in [0.5, 0.6) is 5.75 Å². The van der Waals surface area contributed by atoms with Crippen molar-refractivity contribution in [3.63, 3.8) is 0 Å². The zero-order chi connectivity index (χ0) is 27.3. The molecule has 3 unspecified atom stereocenters. The Kier molecular flexibility index (Phi) is 9.56. The van der Waals surface area contributed by atoms with Gasteiger partial charge in [-0.2, -0.15) is 0 Å². The van der Waals surface area contributed by atoms with E-state index in [9.17, 15) is 4.21 Å². The van der Waals surface area contributed by atoms with Gasteiger partial charge in [0.2, 0.25) is 0 Å². The molecule has 0 fully saturated rings. The SMILES string of the molecule is COc1ccccc1C(NS(=O)C(C)(C)C)C(C)CO[Si](c1ccccc1)(c1ccccc1)C(C)(C)C. The Bertz CT molecular complexity index is 1120. The molecular weight excluding hydrogens is 494 g/mol. The van der Waals surface area contributed by atoms with Gasteiger partial charge >= 0.3 is 0 Å². The van der Waals surface area contributed by atoms with E-state index < -0.39 is 24.1 Å². The number of benzene rings is 3. The zero-order valence-corrected chi connectivity index (χ0v) is 25.4. The molecule has 0 radical (unpaired) electrons. The maximum atomic E-state index is 13.3. The van der Waals surface area contributed by atoms with Gasteiger partial charge in [0.1, 0.15) is 5.75 Å². The Hall–Kier alpha value is -2.25. The van der Waals surface area contributed by atoms with Crippen molar-refractivity contribution in [3.05, 3.63) is 90.5 Å². The fourth-order valence-electron chi connectivity index (χ4n) is 4.82. The van der Waals surface area contributed by atoms with Crippen LogP contribution >= 0.6 is 0 Å². The van der Waals surface area contributed by atoms with Crippen molar-refractivity contribution >= 4 is 29.7 Å². The molecule has 0 aliphatic rings. The minimum atomic E-state index is -2.69. The van der Waals surface area contributed by atoms with Crippen LogP contribution in [0.4, 0.5) is 0 Å². The summed E-state index contributed by atoms with van der Waals surface area (Å²) in [5.74, 6) is 0.799. The van der Waals surface area contributed by atoms with Crippen LogP contribution in [0.25, 0.3) is 0 Å². The summed E-state index contributed by atoms with van der Waals surface area (Å²) in [7, 11) is -2.27. The molecule has 6 heteroatoms. The van der Waals surface area contributed by atoms with E-state index in [4.69, 9.17) is 9.16 Å². The molecule has 0 saturated carbocycles. The second kappa shape index (κ2) is 12.1. The average molecular weight is 538 g/mol. The first kappa shape index (κ1) is 29.3. The Balaban J connectivity index is 2.06. The van der Waals surface area contributed by atoms with Crippen molar-refractivity contribution in [2.24, 2.45) is 5.92 Å². The van der Waals surface area contributed by atoms with Gasteiger partial charge < -0.3 is 9.16 Å². The first-order valence-corrected chi connectivity index (χ1v) is 16.0. The maximum Gasteiger partial charge on any atom is 0.261 e. The van der Waals surface area contributed by atoms with Gasteiger partial charge in [-0.3, -0.25) is 0 Å². The Morgan fingerprint density at radius 3 is 1.76 bits per heavy atom. The number of rotatable bonds is 10. The topological polar surface area (TPSA) is 47.6 Å². The molecule has 3 aromatic carbocycles. The molecule has 0 spiro atoms. The second-order valence-electron chi connectivity index (χ2n) is 11.7. The van der Waals surface area contributed by atoms with E-state index in [0.717, 1.165) is 11.3 Å². The summed E-state index contributed by atoms with van der Waals surface area (Å²) >= 11 is 0. The van der Waals surface area contributed by atoms with Crippen LogP contribution in [0, 0.1) is 5.92 Å². The van der Waals surface area contributed by atoms with Crippen molar-refractivity contribution < 1.29 is 13.4 Å². The molecule has 4 nitrogen and oxygen atoms in total. The molecule has 0 aromatic heterocycles. The van der Waals surface area contributed by atoms with Crippen LogP contribution in [0.2, 0.25) is 5.04 Å². The first-order valence-electron chi connectivity index (χ1n) is 13.0. The quantitative estimate of drug-likeness (QED) is 0.323. The summed E-state index contributed by atoms with van der Waals surface area (Å²) in [5, 5.41) is 2.39. The van der Waals surface area contributed by atoms with Gasteiger partial charge in [-0.1, -0.05) is 107 Å². The Morgan fingerprint density at radius 2 is 1.30 bits per heavy atom. The number of hydrogen-bond donors (Lipinski definition) is 1. The summed E-state index contributed by atoms with van der Waals surface area (Å²) in [6, 6.07) is 29.1. The largest absolute Gasteiger partial charge is 0.496 e. The Morgan fingerprint density at radius 1 is 0.811 bits per heavy atom. The van der Waals surface area contributed by atoms with Gasteiger partial charge in [0.15, 0.2) is 0 Å². The van der Waals surface area contributed by atoms with Gasteiger partial charge in [0.25, 0.3) is 8.32 Å². The van der Waals surface area contributed by atoms with Crippen LogP contribution in [-0.4, -0.2) is 31.0 Å². The first-order chi connectivity index (χ1) is 17.4. The van der Waals surface area contributed by atoms with Crippen LogP contribution in [0.15, 0.2) is 84.9 Å².